The number of rotatable bonds is 5. The van der Waals surface area contributed by atoms with Crippen molar-refractivity contribution >= 4 is 5.91 Å². The van der Waals surface area contributed by atoms with Crippen molar-refractivity contribution in [2.75, 3.05) is 0 Å². The molecule has 0 saturated heterocycles. The Hall–Kier alpha value is -2.09. The van der Waals surface area contributed by atoms with Gasteiger partial charge in [0.1, 0.15) is 0 Å². The maximum absolute atomic E-state index is 11.2. The number of hydrogen-bond acceptors (Lipinski definition) is 1. The molecule has 0 aliphatic heterocycles. The monoisotopic (exact) mass is 267 g/mol. The number of nitrogens with two attached hydrogens (primary N) is 1. The summed E-state index contributed by atoms with van der Waals surface area (Å²) in [6.07, 6.45) is 1.89. The Kier molecular flexibility index (Phi) is 4.57. The van der Waals surface area contributed by atoms with Crippen LogP contribution in [0.2, 0.25) is 0 Å². The van der Waals surface area contributed by atoms with Gasteiger partial charge in [-0.3, -0.25) is 4.79 Å². The molecule has 0 fully saturated rings. The Labute approximate surface area is 120 Å². The third kappa shape index (κ3) is 3.70. The second kappa shape index (κ2) is 6.38. The summed E-state index contributed by atoms with van der Waals surface area (Å²) in [5, 5.41) is 0. The summed E-state index contributed by atoms with van der Waals surface area (Å²) in [6, 6.07) is 16.3. The fraction of sp³-hybridized carbons (Fsp3) is 0.278. The maximum atomic E-state index is 11.2. The molecular weight excluding hydrogens is 246 g/mol. The molecule has 1 amide bonds. The summed E-state index contributed by atoms with van der Waals surface area (Å²) in [4.78, 5) is 11.2. The highest BCUT2D eigenvalue weighted by atomic mass is 16.1. The van der Waals surface area contributed by atoms with Gasteiger partial charge in [0.2, 0.25) is 5.91 Å². The van der Waals surface area contributed by atoms with Crippen LogP contribution in [0.15, 0.2) is 48.5 Å². The van der Waals surface area contributed by atoms with Crippen LogP contribution >= 0.6 is 0 Å². The Morgan fingerprint density at radius 2 is 1.65 bits per heavy atom. The molecule has 0 radical (unpaired) electrons. The summed E-state index contributed by atoms with van der Waals surface area (Å²) in [5.74, 6) is 0.199. The lowest BCUT2D eigenvalue weighted by Gasteiger charge is -2.07. The summed E-state index contributed by atoms with van der Waals surface area (Å²) in [5.41, 5.74) is 9.71. The third-order valence-corrected chi connectivity index (χ3v) is 3.56. The number of benzene rings is 2. The van der Waals surface area contributed by atoms with Crippen molar-refractivity contribution in [1.29, 1.82) is 0 Å². The number of amides is 1. The first-order chi connectivity index (χ1) is 9.56. The van der Waals surface area contributed by atoms with E-state index >= 15 is 0 Å². The van der Waals surface area contributed by atoms with Gasteiger partial charge in [0.05, 0.1) is 0 Å². The fourth-order valence-electron chi connectivity index (χ4n) is 2.24. The van der Waals surface area contributed by atoms with E-state index in [1.54, 1.807) is 6.07 Å². The third-order valence-electron chi connectivity index (χ3n) is 3.56. The van der Waals surface area contributed by atoms with Crippen LogP contribution in [-0.2, 0) is 12.8 Å². The molecule has 0 aliphatic rings. The smallest absolute Gasteiger partial charge is 0.248 e. The maximum Gasteiger partial charge on any atom is 0.248 e. The predicted molar refractivity (Wildman–Crippen MR) is 82.9 cm³/mol. The first-order valence-corrected chi connectivity index (χ1v) is 7.04. The molecule has 2 heteroatoms. The van der Waals surface area contributed by atoms with Crippen molar-refractivity contribution in [3.05, 3.63) is 70.8 Å². The van der Waals surface area contributed by atoms with Crippen LogP contribution in [0.5, 0.6) is 0 Å². The largest absolute Gasteiger partial charge is 0.366 e. The Bertz CT molecular complexity index is 585. The summed E-state index contributed by atoms with van der Waals surface area (Å²) < 4.78 is 0. The van der Waals surface area contributed by atoms with Crippen LogP contribution in [0.3, 0.4) is 0 Å². The molecule has 104 valence electrons. The topological polar surface area (TPSA) is 43.1 Å². The summed E-state index contributed by atoms with van der Waals surface area (Å²) in [7, 11) is 0. The molecule has 0 aliphatic carbocycles. The molecule has 0 atom stereocenters. The molecule has 20 heavy (non-hydrogen) atoms. The normalized spacial score (nSPS) is 10.8. The standard InChI is InChI=1S/C18H21NO/c1-13(2)16-10-8-14(9-11-16)6-7-15-4-3-5-17(12-15)18(19)20/h3-5,8-13H,6-7H2,1-2H3,(H2,19,20). The molecule has 2 rings (SSSR count). The average molecular weight is 267 g/mol. The fourth-order valence-corrected chi connectivity index (χ4v) is 2.24. The van der Waals surface area contributed by atoms with E-state index in [4.69, 9.17) is 5.73 Å². The molecular formula is C18H21NO. The minimum Gasteiger partial charge on any atom is -0.366 e. The lowest BCUT2D eigenvalue weighted by molar-refractivity contribution is 0.1000. The number of aryl methyl sites for hydroxylation is 2. The molecule has 0 heterocycles. The Morgan fingerprint density at radius 1 is 1.00 bits per heavy atom. The minimum atomic E-state index is -0.367. The lowest BCUT2D eigenvalue weighted by Crippen LogP contribution is -2.11. The van der Waals surface area contributed by atoms with E-state index in [1.807, 2.05) is 18.2 Å². The zero-order valence-electron chi connectivity index (χ0n) is 12.1. The van der Waals surface area contributed by atoms with Gasteiger partial charge in [0.15, 0.2) is 0 Å². The van der Waals surface area contributed by atoms with Gasteiger partial charge in [-0.05, 0) is 47.6 Å². The number of hydrogen-bond donors (Lipinski definition) is 1. The number of carbonyl (C=O) groups excluding carboxylic acids is 1. The second-order valence-electron chi connectivity index (χ2n) is 5.46. The minimum absolute atomic E-state index is 0.367. The molecule has 0 saturated carbocycles. The molecule has 2 aromatic carbocycles. The SMILES string of the molecule is CC(C)c1ccc(CCc2cccc(C(N)=O)c2)cc1. The van der Waals surface area contributed by atoms with E-state index in [2.05, 4.69) is 38.1 Å². The predicted octanol–water partition coefficient (Wildman–Crippen LogP) is 3.69. The van der Waals surface area contributed by atoms with Gasteiger partial charge in [-0.1, -0.05) is 50.2 Å². The van der Waals surface area contributed by atoms with Crippen LogP contribution < -0.4 is 5.73 Å². The van der Waals surface area contributed by atoms with Gasteiger partial charge in [0, 0.05) is 5.56 Å². The average Bonchev–Trinajstić information content (AvgIpc) is 2.46. The molecule has 0 bridgehead atoms. The van der Waals surface area contributed by atoms with Crippen LogP contribution in [-0.4, -0.2) is 5.91 Å². The Balaban J connectivity index is 2.01. The van der Waals surface area contributed by atoms with E-state index < -0.39 is 0 Å². The van der Waals surface area contributed by atoms with Crippen LogP contribution in [0.4, 0.5) is 0 Å². The summed E-state index contributed by atoms with van der Waals surface area (Å²) >= 11 is 0. The quantitative estimate of drug-likeness (QED) is 0.882. The van der Waals surface area contributed by atoms with Crippen molar-refractivity contribution in [1.82, 2.24) is 0 Å². The molecule has 2 N–H and O–H groups in total. The van der Waals surface area contributed by atoms with Gasteiger partial charge in [-0.15, -0.1) is 0 Å². The van der Waals surface area contributed by atoms with Crippen molar-refractivity contribution in [3.63, 3.8) is 0 Å². The zero-order valence-corrected chi connectivity index (χ0v) is 12.1. The van der Waals surface area contributed by atoms with Crippen LogP contribution in [0, 0.1) is 0 Å². The molecule has 0 spiro atoms. The van der Waals surface area contributed by atoms with Crippen molar-refractivity contribution in [2.24, 2.45) is 5.73 Å². The van der Waals surface area contributed by atoms with E-state index in [1.165, 1.54) is 11.1 Å². The van der Waals surface area contributed by atoms with Crippen molar-refractivity contribution in [2.45, 2.75) is 32.6 Å². The first-order valence-electron chi connectivity index (χ1n) is 7.04. The van der Waals surface area contributed by atoms with Crippen LogP contribution in [0.25, 0.3) is 0 Å². The van der Waals surface area contributed by atoms with Gasteiger partial charge in [-0.2, -0.15) is 0 Å². The van der Waals surface area contributed by atoms with Crippen molar-refractivity contribution in [3.8, 4) is 0 Å². The van der Waals surface area contributed by atoms with E-state index in [0.717, 1.165) is 18.4 Å². The molecule has 0 aromatic heterocycles. The van der Waals surface area contributed by atoms with Gasteiger partial charge in [0.25, 0.3) is 0 Å². The highest BCUT2D eigenvalue weighted by Gasteiger charge is 2.03. The van der Waals surface area contributed by atoms with E-state index in [-0.39, 0.29) is 5.91 Å². The Morgan fingerprint density at radius 3 is 2.25 bits per heavy atom. The number of primary amides is 1. The lowest BCUT2D eigenvalue weighted by atomic mass is 9.98. The first kappa shape index (κ1) is 14.3. The van der Waals surface area contributed by atoms with E-state index in [9.17, 15) is 4.79 Å². The highest BCUT2D eigenvalue weighted by Crippen LogP contribution is 2.16. The van der Waals surface area contributed by atoms with E-state index in [0.29, 0.717) is 11.5 Å². The summed E-state index contributed by atoms with van der Waals surface area (Å²) in [6.45, 7) is 4.40. The highest BCUT2D eigenvalue weighted by molar-refractivity contribution is 5.92. The second-order valence-corrected chi connectivity index (χ2v) is 5.46. The van der Waals surface area contributed by atoms with Gasteiger partial charge in [-0.25, -0.2) is 0 Å². The zero-order chi connectivity index (χ0) is 14.5. The van der Waals surface area contributed by atoms with Crippen LogP contribution in [0.1, 0.15) is 46.8 Å². The molecule has 2 aromatic rings. The molecule has 0 unspecified atom stereocenters. The van der Waals surface area contributed by atoms with Crippen molar-refractivity contribution < 1.29 is 4.79 Å². The number of carbonyl (C=O) groups is 1. The van der Waals surface area contributed by atoms with Gasteiger partial charge >= 0.3 is 0 Å². The van der Waals surface area contributed by atoms with Gasteiger partial charge < -0.3 is 5.73 Å². The molecule has 2 nitrogen and oxygen atoms in total.